The van der Waals surface area contributed by atoms with Gasteiger partial charge in [0.15, 0.2) is 0 Å². The number of allylic oxidation sites excluding steroid dienone is 1. The Morgan fingerprint density at radius 3 is 2.76 bits per heavy atom. The molecule has 0 aliphatic carbocycles. The van der Waals surface area contributed by atoms with Crippen LogP contribution in [0, 0.1) is 18.3 Å². The largest absolute Gasteiger partial charge is 0.416 e. The minimum absolute atomic E-state index is 0.0304. The van der Waals surface area contributed by atoms with Crippen molar-refractivity contribution in [2.45, 2.75) is 25.9 Å². The Morgan fingerprint density at radius 2 is 2.08 bits per heavy atom. The second kappa shape index (κ2) is 7.71. The van der Waals surface area contributed by atoms with E-state index >= 15 is 0 Å². The standard InChI is InChI=1S/C18H14F3N3O/c1-12-5-13(7-15(6-12)18(19,20)21)3-2-4-16(25)8-17-14(9-22)10-23-11-24-17/h2-3,5-7,10-11H,4,8H2,1H3/b3-2+. The summed E-state index contributed by atoms with van der Waals surface area (Å²) in [6, 6.07) is 5.62. The lowest BCUT2D eigenvalue weighted by molar-refractivity contribution is -0.137. The number of hydrogen-bond acceptors (Lipinski definition) is 4. The fourth-order valence-electron chi connectivity index (χ4n) is 2.25. The Morgan fingerprint density at radius 1 is 1.32 bits per heavy atom. The molecule has 0 aliphatic rings. The van der Waals surface area contributed by atoms with Crippen molar-refractivity contribution in [1.29, 1.82) is 5.26 Å². The smallest absolute Gasteiger partial charge is 0.299 e. The van der Waals surface area contributed by atoms with E-state index in [2.05, 4.69) is 9.97 Å². The number of alkyl halides is 3. The van der Waals surface area contributed by atoms with E-state index < -0.39 is 11.7 Å². The van der Waals surface area contributed by atoms with Crippen LogP contribution in [0.15, 0.2) is 36.8 Å². The van der Waals surface area contributed by atoms with Gasteiger partial charge in [-0.05, 0) is 30.2 Å². The lowest BCUT2D eigenvalue weighted by atomic mass is 10.0. The van der Waals surface area contributed by atoms with Crippen molar-refractivity contribution < 1.29 is 18.0 Å². The van der Waals surface area contributed by atoms with Crippen LogP contribution in [0.5, 0.6) is 0 Å². The summed E-state index contributed by atoms with van der Waals surface area (Å²) in [4.78, 5) is 19.6. The number of hydrogen-bond donors (Lipinski definition) is 0. The molecule has 25 heavy (non-hydrogen) atoms. The molecule has 2 rings (SSSR count). The SMILES string of the molecule is Cc1cc(/C=C/CC(=O)Cc2ncncc2C#N)cc(C(F)(F)F)c1. The number of carbonyl (C=O) groups is 1. The summed E-state index contributed by atoms with van der Waals surface area (Å²) in [5.74, 6) is -0.199. The van der Waals surface area contributed by atoms with Crippen LogP contribution in [0.2, 0.25) is 0 Å². The third-order valence-electron chi connectivity index (χ3n) is 3.36. The number of nitriles is 1. The molecule has 7 heteroatoms. The van der Waals surface area contributed by atoms with Gasteiger partial charge in [0.2, 0.25) is 0 Å². The average molecular weight is 345 g/mol. The number of carbonyl (C=O) groups excluding carboxylic acids is 1. The predicted molar refractivity (Wildman–Crippen MR) is 85.3 cm³/mol. The van der Waals surface area contributed by atoms with Crippen molar-refractivity contribution in [2.24, 2.45) is 0 Å². The highest BCUT2D eigenvalue weighted by Crippen LogP contribution is 2.30. The number of ketones is 1. The van der Waals surface area contributed by atoms with Crippen molar-refractivity contribution in [2.75, 3.05) is 0 Å². The van der Waals surface area contributed by atoms with E-state index in [0.717, 1.165) is 12.1 Å². The molecule has 0 unspecified atom stereocenters. The maximum Gasteiger partial charge on any atom is 0.416 e. The molecule has 0 saturated carbocycles. The van der Waals surface area contributed by atoms with Gasteiger partial charge in [-0.25, -0.2) is 9.97 Å². The Balaban J connectivity index is 2.05. The Bertz CT molecular complexity index is 851. The fraction of sp³-hybridized carbons (Fsp3) is 0.222. The predicted octanol–water partition coefficient (Wildman–Crippen LogP) is 3.89. The highest BCUT2D eigenvalue weighted by atomic mass is 19.4. The van der Waals surface area contributed by atoms with Gasteiger partial charge in [0.1, 0.15) is 18.2 Å². The van der Waals surface area contributed by atoms with Gasteiger partial charge < -0.3 is 0 Å². The highest BCUT2D eigenvalue weighted by Gasteiger charge is 2.30. The topological polar surface area (TPSA) is 66.6 Å². The quantitative estimate of drug-likeness (QED) is 0.824. The first-order valence-corrected chi connectivity index (χ1v) is 7.35. The third-order valence-corrected chi connectivity index (χ3v) is 3.36. The molecule has 0 fully saturated rings. The first kappa shape index (κ1) is 18.3. The minimum Gasteiger partial charge on any atom is -0.299 e. The van der Waals surface area contributed by atoms with Crippen LogP contribution in [0.4, 0.5) is 13.2 Å². The van der Waals surface area contributed by atoms with E-state index in [4.69, 9.17) is 5.26 Å². The second-order valence-corrected chi connectivity index (χ2v) is 5.45. The summed E-state index contributed by atoms with van der Waals surface area (Å²) in [6.45, 7) is 1.58. The number of aryl methyl sites for hydroxylation is 1. The number of nitrogens with zero attached hydrogens (tertiary/aromatic N) is 3. The Kier molecular flexibility index (Phi) is 5.65. The first-order chi connectivity index (χ1) is 11.8. The van der Waals surface area contributed by atoms with E-state index in [9.17, 15) is 18.0 Å². The molecule has 1 heterocycles. The normalized spacial score (nSPS) is 11.5. The van der Waals surface area contributed by atoms with Gasteiger partial charge in [-0.2, -0.15) is 18.4 Å². The summed E-state index contributed by atoms with van der Waals surface area (Å²) in [7, 11) is 0. The molecule has 0 bridgehead atoms. The van der Waals surface area contributed by atoms with Gasteiger partial charge in [0, 0.05) is 12.6 Å². The van der Waals surface area contributed by atoms with E-state index in [1.165, 1.54) is 24.7 Å². The zero-order valence-electron chi connectivity index (χ0n) is 13.3. The minimum atomic E-state index is -4.41. The van der Waals surface area contributed by atoms with E-state index in [1.54, 1.807) is 13.0 Å². The van der Waals surface area contributed by atoms with Crippen molar-refractivity contribution in [3.63, 3.8) is 0 Å². The Labute approximate surface area is 142 Å². The van der Waals surface area contributed by atoms with Gasteiger partial charge in [-0.3, -0.25) is 4.79 Å². The molecule has 0 aliphatic heterocycles. The Hall–Kier alpha value is -3.01. The number of Topliss-reactive ketones (excluding diaryl/α,β-unsaturated/α-hetero) is 1. The molecule has 0 saturated heterocycles. The molecule has 0 N–H and O–H groups in total. The van der Waals surface area contributed by atoms with E-state index in [1.807, 2.05) is 6.07 Å². The molecular formula is C18H14F3N3O. The summed E-state index contributed by atoms with van der Waals surface area (Å²) >= 11 is 0. The summed E-state index contributed by atoms with van der Waals surface area (Å²) in [5.41, 5.74) is 0.706. The molecule has 0 radical (unpaired) electrons. The molecular weight excluding hydrogens is 331 g/mol. The maximum absolute atomic E-state index is 12.8. The fourth-order valence-corrected chi connectivity index (χ4v) is 2.25. The van der Waals surface area contributed by atoms with Gasteiger partial charge in [-0.15, -0.1) is 0 Å². The van der Waals surface area contributed by atoms with E-state index in [0.29, 0.717) is 16.8 Å². The number of halogens is 3. The lowest BCUT2D eigenvalue weighted by Crippen LogP contribution is -2.06. The van der Waals surface area contributed by atoms with Crippen molar-refractivity contribution >= 4 is 11.9 Å². The molecule has 4 nitrogen and oxygen atoms in total. The van der Waals surface area contributed by atoms with Crippen LogP contribution < -0.4 is 0 Å². The van der Waals surface area contributed by atoms with Gasteiger partial charge in [-0.1, -0.05) is 18.2 Å². The summed E-state index contributed by atoms with van der Waals surface area (Å²) in [5, 5.41) is 8.93. The summed E-state index contributed by atoms with van der Waals surface area (Å²) in [6.07, 6.45) is 1.16. The second-order valence-electron chi connectivity index (χ2n) is 5.45. The lowest BCUT2D eigenvalue weighted by Gasteiger charge is -2.08. The third kappa shape index (κ3) is 5.24. The average Bonchev–Trinajstić information content (AvgIpc) is 2.54. The van der Waals surface area contributed by atoms with Crippen LogP contribution in [0.1, 0.15) is 34.4 Å². The highest BCUT2D eigenvalue weighted by molar-refractivity contribution is 5.83. The van der Waals surface area contributed by atoms with Crippen LogP contribution in [0.3, 0.4) is 0 Å². The zero-order valence-corrected chi connectivity index (χ0v) is 13.3. The van der Waals surface area contributed by atoms with Crippen LogP contribution in [-0.2, 0) is 17.4 Å². The first-order valence-electron chi connectivity index (χ1n) is 7.35. The van der Waals surface area contributed by atoms with Crippen LogP contribution in [0.25, 0.3) is 6.08 Å². The monoisotopic (exact) mass is 345 g/mol. The molecule has 0 spiro atoms. The molecule has 2 aromatic rings. The molecule has 0 atom stereocenters. The zero-order chi connectivity index (χ0) is 18.4. The van der Waals surface area contributed by atoms with Crippen molar-refractivity contribution in [3.05, 3.63) is 64.7 Å². The van der Waals surface area contributed by atoms with E-state index in [-0.39, 0.29) is 24.2 Å². The number of rotatable bonds is 5. The van der Waals surface area contributed by atoms with Crippen LogP contribution >= 0.6 is 0 Å². The van der Waals surface area contributed by atoms with Crippen molar-refractivity contribution in [1.82, 2.24) is 9.97 Å². The molecule has 128 valence electrons. The maximum atomic E-state index is 12.8. The van der Waals surface area contributed by atoms with Crippen LogP contribution in [-0.4, -0.2) is 15.8 Å². The van der Waals surface area contributed by atoms with Gasteiger partial charge in [0.05, 0.1) is 23.2 Å². The number of aromatic nitrogens is 2. The molecule has 0 amide bonds. The molecule has 1 aromatic carbocycles. The van der Waals surface area contributed by atoms with Crippen molar-refractivity contribution in [3.8, 4) is 6.07 Å². The summed E-state index contributed by atoms with van der Waals surface area (Å²) < 4.78 is 38.4. The van der Waals surface area contributed by atoms with Gasteiger partial charge in [0.25, 0.3) is 0 Å². The van der Waals surface area contributed by atoms with Gasteiger partial charge >= 0.3 is 6.18 Å². The number of benzene rings is 1. The molecule has 1 aromatic heterocycles.